The second-order valence-corrected chi connectivity index (χ2v) is 8.53. The zero-order valence-electron chi connectivity index (χ0n) is 17.9. The Morgan fingerprint density at radius 1 is 1.25 bits per heavy atom. The summed E-state index contributed by atoms with van der Waals surface area (Å²) >= 11 is 0. The number of imidazole rings is 1. The van der Waals surface area contributed by atoms with E-state index in [4.69, 9.17) is 4.74 Å². The van der Waals surface area contributed by atoms with Crippen molar-refractivity contribution in [2.45, 2.75) is 78.7 Å². The fourth-order valence-corrected chi connectivity index (χ4v) is 2.76. The summed E-state index contributed by atoms with van der Waals surface area (Å²) in [7, 11) is 0. The van der Waals surface area contributed by atoms with Crippen molar-refractivity contribution >= 4 is 12.0 Å². The van der Waals surface area contributed by atoms with Crippen LogP contribution in [0.1, 0.15) is 54.4 Å². The Hall–Kier alpha value is -2.09. The molecule has 0 saturated heterocycles. The van der Waals surface area contributed by atoms with Crippen molar-refractivity contribution in [2.75, 3.05) is 6.54 Å². The van der Waals surface area contributed by atoms with E-state index < -0.39 is 23.8 Å². The number of aromatic nitrogens is 2. The summed E-state index contributed by atoms with van der Waals surface area (Å²) in [5, 5.41) is 16.1. The van der Waals surface area contributed by atoms with E-state index in [1.54, 1.807) is 40.2 Å². The van der Waals surface area contributed by atoms with Gasteiger partial charge in [-0.05, 0) is 46.5 Å². The maximum absolute atomic E-state index is 12.6. The van der Waals surface area contributed by atoms with Crippen molar-refractivity contribution in [1.82, 2.24) is 20.2 Å². The number of carbonyl (C=O) groups is 2. The predicted molar refractivity (Wildman–Crippen MR) is 108 cm³/mol. The summed E-state index contributed by atoms with van der Waals surface area (Å²) in [6.45, 7) is 12.3. The Kier molecular flexibility index (Phi) is 9.45. The van der Waals surface area contributed by atoms with E-state index in [9.17, 15) is 14.7 Å². The molecule has 0 aromatic carbocycles. The van der Waals surface area contributed by atoms with Gasteiger partial charge < -0.3 is 25.0 Å². The van der Waals surface area contributed by atoms with Gasteiger partial charge in [0.15, 0.2) is 0 Å². The molecule has 1 rings (SSSR count). The highest BCUT2D eigenvalue weighted by Crippen LogP contribution is 2.19. The lowest BCUT2D eigenvalue weighted by Crippen LogP contribution is -2.46. The average Bonchev–Trinajstić information content (AvgIpc) is 3.07. The minimum atomic E-state index is -0.850. The zero-order valence-corrected chi connectivity index (χ0v) is 17.9. The molecular formula is C20H36N4O4. The number of carbonyl (C=O) groups excluding carboxylic acids is 2. The molecule has 0 aliphatic carbocycles. The van der Waals surface area contributed by atoms with Gasteiger partial charge in [-0.3, -0.25) is 4.79 Å². The molecule has 0 radical (unpaired) electrons. The van der Waals surface area contributed by atoms with Gasteiger partial charge >= 0.3 is 6.09 Å². The van der Waals surface area contributed by atoms with Gasteiger partial charge in [0.25, 0.3) is 0 Å². The highest BCUT2D eigenvalue weighted by atomic mass is 16.6. The molecule has 0 spiro atoms. The minimum Gasteiger partial charge on any atom is -0.444 e. The van der Waals surface area contributed by atoms with Crippen molar-refractivity contribution in [3.63, 3.8) is 0 Å². The number of alkyl carbamates (subject to hydrolysis) is 1. The van der Waals surface area contributed by atoms with Gasteiger partial charge in [-0.2, -0.15) is 0 Å². The second kappa shape index (κ2) is 11.0. The largest absolute Gasteiger partial charge is 0.444 e. The van der Waals surface area contributed by atoms with Crippen LogP contribution in [0.5, 0.6) is 0 Å². The topological polar surface area (TPSA) is 105 Å². The third-order valence-electron chi connectivity index (χ3n) is 4.41. The Bertz CT molecular complexity index is 596. The number of hydrogen-bond acceptors (Lipinski definition) is 5. The number of amides is 2. The van der Waals surface area contributed by atoms with E-state index in [1.165, 1.54) is 0 Å². The monoisotopic (exact) mass is 396 g/mol. The van der Waals surface area contributed by atoms with Crippen molar-refractivity contribution in [3.05, 3.63) is 18.7 Å². The van der Waals surface area contributed by atoms with Crippen molar-refractivity contribution in [3.8, 4) is 0 Å². The number of aryl methyl sites for hydroxylation is 1. The third-order valence-corrected chi connectivity index (χ3v) is 4.41. The lowest BCUT2D eigenvalue weighted by atomic mass is 9.87. The first kappa shape index (κ1) is 23.9. The van der Waals surface area contributed by atoms with E-state index in [0.717, 1.165) is 13.0 Å². The van der Waals surface area contributed by atoms with Gasteiger partial charge in [-0.1, -0.05) is 13.8 Å². The Balaban J connectivity index is 2.45. The normalized spacial score (nSPS) is 15.0. The highest BCUT2D eigenvalue weighted by molar-refractivity contribution is 5.78. The van der Waals surface area contributed by atoms with Crippen molar-refractivity contribution < 1.29 is 19.4 Å². The number of nitrogens with one attached hydrogen (secondary N) is 2. The summed E-state index contributed by atoms with van der Waals surface area (Å²) in [4.78, 5) is 28.4. The number of rotatable bonds is 10. The Morgan fingerprint density at radius 2 is 1.93 bits per heavy atom. The Labute approximate surface area is 168 Å². The van der Waals surface area contributed by atoms with Crippen LogP contribution >= 0.6 is 0 Å². The fourth-order valence-electron chi connectivity index (χ4n) is 2.76. The standard InChI is InChI=1S/C20H36N4O4/c1-14(2)16(18(26)22-8-7-10-24-11-9-21-13-24)12-17(25)15(3)23-19(27)28-20(4,5)6/h9,11,13-17,25H,7-8,10,12H2,1-6H3,(H,22,26)(H,23,27)/t15-,16-,17-/m0/s1. The summed E-state index contributed by atoms with van der Waals surface area (Å²) in [5.74, 6) is -0.354. The molecule has 3 atom stereocenters. The molecule has 8 nitrogen and oxygen atoms in total. The van der Waals surface area contributed by atoms with Crippen LogP contribution in [0.15, 0.2) is 18.7 Å². The van der Waals surface area contributed by atoms with Gasteiger partial charge in [0.1, 0.15) is 5.60 Å². The van der Waals surface area contributed by atoms with Crippen LogP contribution in [0, 0.1) is 11.8 Å². The lowest BCUT2D eigenvalue weighted by molar-refractivity contribution is -0.127. The number of hydrogen-bond donors (Lipinski definition) is 3. The first-order chi connectivity index (χ1) is 13.0. The van der Waals surface area contributed by atoms with E-state index >= 15 is 0 Å². The van der Waals surface area contributed by atoms with Gasteiger partial charge in [-0.15, -0.1) is 0 Å². The number of aliphatic hydroxyl groups excluding tert-OH is 1. The molecule has 0 saturated carbocycles. The molecule has 160 valence electrons. The molecule has 0 aliphatic rings. The predicted octanol–water partition coefficient (Wildman–Crippen LogP) is 2.33. The summed E-state index contributed by atoms with van der Waals surface area (Å²) < 4.78 is 7.17. The van der Waals surface area contributed by atoms with Crippen LogP contribution in [-0.2, 0) is 16.1 Å². The average molecular weight is 397 g/mol. The molecule has 0 unspecified atom stereocenters. The van der Waals surface area contributed by atoms with E-state index in [1.807, 2.05) is 24.6 Å². The van der Waals surface area contributed by atoms with Crippen molar-refractivity contribution in [1.29, 1.82) is 0 Å². The first-order valence-corrected chi connectivity index (χ1v) is 9.90. The van der Waals surface area contributed by atoms with Gasteiger partial charge in [0.05, 0.1) is 18.5 Å². The van der Waals surface area contributed by atoms with Crippen LogP contribution in [-0.4, -0.2) is 50.9 Å². The molecule has 0 bridgehead atoms. The van der Waals surface area contributed by atoms with E-state index in [0.29, 0.717) is 6.54 Å². The van der Waals surface area contributed by atoms with Crippen LogP contribution in [0.4, 0.5) is 4.79 Å². The fraction of sp³-hybridized carbons (Fsp3) is 0.750. The molecular weight excluding hydrogens is 360 g/mol. The molecule has 28 heavy (non-hydrogen) atoms. The van der Waals surface area contributed by atoms with Crippen molar-refractivity contribution in [2.24, 2.45) is 11.8 Å². The van der Waals surface area contributed by atoms with Gasteiger partial charge in [0, 0.05) is 31.4 Å². The molecule has 2 amide bonds. The van der Waals surface area contributed by atoms with Gasteiger partial charge in [-0.25, -0.2) is 9.78 Å². The summed E-state index contributed by atoms with van der Waals surface area (Å²) in [6, 6.07) is -0.523. The van der Waals surface area contributed by atoms with Gasteiger partial charge in [0.2, 0.25) is 5.91 Å². The molecule has 1 heterocycles. The molecule has 1 aromatic rings. The van der Waals surface area contributed by atoms with Crippen LogP contribution in [0.3, 0.4) is 0 Å². The molecule has 0 aliphatic heterocycles. The summed E-state index contributed by atoms with van der Waals surface area (Å²) in [6.07, 6.45) is 4.98. The quantitative estimate of drug-likeness (QED) is 0.526. The summed E-state index contributed by atoms with van der Waals surface area (Å²) in [5.41, 5.74) is -0.605. The third kappa shape index (κ3) is 9.21. The molecule has 0 fully saturated rings. The second-order valence-electron chi connectivity index (χ2n) is 8.53. The van der Waals surface area contributed by atoms with Crippen LogP contribution in [0.25, 0.3) is 0 Å². The maximum atomic E-state index is 12.6. The molecule has 3 N–H and O–H groups in total. The minimum absolute atomic E-state index is 0.0667. The zero-order chi connectivity index (χ0) is 21.3. The highest BCUT2D eigenvalue weighted by Gasteiger charge is 2.29. The van der Waals surface area contributed by atoms with E-state index in [2.05, 4.69) is 15.6 Å². The number of aliphatic hydroxyl groups is 1. The number of ether oxygens (including phenoxy) is 1. The molecule has 1 aromatic heterocycles. The lowest BCUT2D eigenvalue weighted by Gasteiger charge is -2.28. The maximum Gasteiger partial charge on any atom is 0.407 e. The SMILES string of the molecule is CC(C)[C@H](C[C@H](O)[C@H](C)NC(=O)OC(C)(C)C)C(=O)NCCCn1ccnc1. The number of nitrogens with zero attached hydrogens (tertiary/aromatic N) is 2. The molecule has 8 heteroatoms. The van der Waals surface area contributed by atoms with Crippen LogP contribution < -0.4 is 10.6 Å². The van der Waals surface area contributed by atoms with E-state index in [-0.39, 0.29) is 24.2 Å². The smallest absolute Gasteiger partial charge is 0.407 e. The Morgan fingerprint density at radius 3 is 2.46 bits per heavy atom. The first-order valence-electron chi connectivity index (χ1n) is 9.90. The van der Waals surface area contributed by atoms with Crippen LogP contribution in [0.2, 0.25) is 0 Å².